The van der Waals surface area contributed by atoms with E-state index in [-0.39, 0.29) is 12.2 Å². The van der Waals surface area contributed by atoms with Gasteiger partial charge in [0.25, 0.3) is 5.91 Å². The minimum Gasteiger partial charge on any atom is -0.486 e. The Labute approximate surface area is 122 Å². The predicted octanol–water partition coefficient (Wildman–Crippen LogP) is 1.06. The number of aliphatic hydroxyl groups excluding tert-OH is 1. The van der Waals surface area contributed by atoms with Crippen LogP contribution in [0.4, 0.5) is 0 Å². The van der Waals surface area contributed by atoms with Crippen LogP contribution in [0, 0.1) is 6.92 Å². The number of amides is 1. The maximum Gasteiger partial charge on any atom is 0.269 e. The van der Waals surface area contributed by atoms with E-state index >= 15 is 0 Å². The number of nitrogen functional groups attached to an aromatic ring is 1. The number of pyridine rings is 1. The zero-order valence-corrected chi connectivity index (χ0v) is 11.7. The number of carbonyl (C=O) groups excluding carboxylic acids is 1. The zero-order chi connectivity index (χ0) is 15.2. The molecule has 21 heavy (non-hydrogen) atoms. The highest BCUT2D eigenvalue weighted by molar-refractivity contribution is 5.98. The summed E-state index contributed by atoms with van der Waals surface area (Å²) in [7, 11) is 0. The molecule has 1 heterocycles. The lowest BCUT2D eigenvalue weighted by molar-refractivity contribution is 0.0945. The zero-order valence-electron chi connectivity index (χ0n) is 11.7. The average Bonchev–Trinajstić information content (AvgIpc) is 2.53. The van der Waals surface area contributed by atoms with Crippen LogP contribution in [-0.2, 0) is 13.2 Å². The molecule has 0 fully saturated rings. The molecule has 6 nitrogen and oxygen atoms in total. The van der Waals surface area contributed by atoms with Gasteiger partial charge in [0, 0.05) is 11.8 Å². The maximum atomic E-state index is 11.9. The van der Waals surface area contributed by atoms with E-state index in [1.165, 1.54) is 6.20 Å². The van der Waals surface area contributed by atoms with Crippen molar-refractivity contribution in [1.82, 2.24) is 10.4 Å². The summed E-state index contributed by atoms with van der Waals surface area (Å²) >= 11 is 0. The van der Waals surface area contributed by atoms with Crippen molar-refractivity contribution in [2.45, 2.75) is 20.1 Å². The molecule has 0 atom stereocenters. The molecule has 110 valence electrons. The van der Waals surface area contributed by atoms with E-state index in [4.69, 9.17) is 10.6 Å². The van der Waals surface area contributed by atoms with Crippen molar-refractivity contribution in [2.75, 3.05) is 0 Å². The third-order valence-electron chi connectivity index (χ3n) is 3.05. The van der Waals surface area contributed by atoms with Crippen molar-refractivity contribution < 1.29 is 14.6 Å². The Morgan fingerprint density at radius 1 is 1.38 bits per heavy atom. The van der Waals surface area contributed by atoms with Gasteiger partial charge < -0.3 is 9.84 Å². The topological polar surface area (TPSA) is 97.5 Å². The minimum atomic E-state index is -0.521. The summed E-state index contributed by atoms with van der Waals surface area (Å²) < 4.78 is 5.73. The number of aryl methyl sites for hydroxylation is 1. The monoisotopic (exact) mass is 287 g/mol. The molecule has 4 N–H and O–H groups in total. The number of benzene rings is 1. The number of nitrogens with zero attached hydrogens (tertiary/aromatic N) is 1. The fourth-order valence-electron chi connectivity index (χ4n) is 1.97. The van der Waals surface area contributed by atoms with Crippen LogP contribution >= 0.6 is 0 Å². The van der Waals surface area contributed by atoms with E-state index in [0.29, 0.717) is 23.6 Å². The molecule has 1 aromatic heterocycles. The molecular formula is C15H17N3O3. The van der Waals surface area contributed by atoms with E-state index in [9.17, 15) is 9.90 Å². The first-order valence-electron chi connectivity index (χ1n) is 6.44. The molecule has 0 aliphatic heterocycles. The summed E-state index contributed by atoms with van der Waals surface area (Å²) in [6.45, 7) is 1.70. The number of hydrogen-bond acceptors (Lipinski definition) is 5. The van der Waals surface area contributed by atoms with Gasteiger partial charge in [-0.25, -0.2) is 5.84 Å². The Hall–Kier alpha value is -2.44. The van der Waals surface area contributed by atoms with Gasteiger partial charge in [-0.1, -0.05) is 30.3 Å². The van der Waals surface area contributed by atoms with Gasteiger partial charge in [-0.3, -0.25) is 15.2 Å². The normalized spacial score (nSPS) is 10.2. The number of carbonyl (C=O) groups is 1. The number of hydrazine groups is 1. The standard InChI is InChI=1S/C15H17N3O3/c1-10-14(21-9-11-5-3-2-4-6-11)13(15(20)18-16)12(8-19)7-17-10/h2-7,19H,8-9,16H2,1H3,(H,18,20). The van der Waals surface area contributed by atoms with E-state index in [1.807, 2.05) is 30.3 Å². The van der Waals surface area contributed by atoms with Gasteiger partial charge in [-0.2, -0.15) is 0 Å². The van der Waals surface area contributed by atoms with Crippen LogP contribution in [0.3, 0.4) is 0 Å². The van der Waals surface area contributed by atoms with Crippen molar-refractivity contribution in [3.8, 4) is 5.75 Å². The lowest BCUT2D eigenvalue weighted by Gasteiger charge is -2.15. The van der Waals surface area contributed by atoms with Gasteiger partial charge in [0.05, 0.1) is 17.9 Å². The first kappa shape index (κ1) is 15.0. The van der Waals surface area contributed by atoms with Gasteiger partial charge >= 0.3 is 0 Å². The van der Waals surface area contributed by atoms with E-state index < -0.39 is 5.91 Å². The van der Waals surface area contributed by atoms with Crippen LogP contribution in [-0.4, -0.2) is 16.0 Å². The highest BCUT2D eigenvalue weighted by Crippen LogP contribution is 2.26. The second-order valence-corrected chi connectivity index (χ2v) is 4.48. The highest BCUT2D eigenvalue weighted by atomic mass is 16.5. The van der Waals surface area contributed by atoms with Crippen LogP contribution in [0.5, 0.6) is 5.75 Å². The van der Waals surface area contributed by atoms with Crippen molar-refractivity contribution >= 4 is 5.91 Å². The number of aromatic nitrogens is 1. The third-order valence-corrected chi connectivity index (χ3v) is 3.05. The summed E-state index contributed by atoms with van der Waals surface area (Å²) in [6, 6.07) is 9.56. The Morgan fingerprint density at radius 3 is 2.71 bits per heavy atom. The lowest BCUT2D eigenvalue weighted by Crippen LogP contribution is -2.31. The maximum absolute atomic E-state index is 11.9. The SMILES string of the molecule is Cc1ncc(CO)c(C(=O)NN)c1OCc1ccccc1. The van der Waals surface area contributed by atoms with Gasteiger partial charge in [-0.15, -0.1) is 0 Å². The third kappa shape index (κ3) is 3.36. The van der Waals surface area contributed by atoms with Crippen molar-refractivity contribution in [3.05, 3.63) is 58.9 Å². The molecule has 0 unspecified atom stereocenters. The molecule has 0 saturated heterocycles. The molecule has 0 aliphatic carbocycles. The number of aliphatic hydroxyl groups is 1. The Bertz CT molecular complexity index is 630. The quantitative estimate of drug-likeness (QED) is 0.434. The van der Waals surface area contributed by atoms with Crippen LogP contribution in [0.2, 0.25) is 0 Å². The first-order chi connectivity index (χ1) is 10.2. The summed E-state index contributed by atoms with van der Waals surface area (Å²) in [6.07, 6.45) is 1.44. The van der Waals surface area contributed by atoms with E-state index in [0.717, 1.165) is 5.56 Å². The predicted molar refractivity (Wildman–Crippen MR) is 77.3 cm³/mol. The molecule has 2 aromatic rings. The smallest absolute Gasteiger partial charge is 0.269 e. The van der Waals surface area contributed by atoms with Crippen LogP contribution in [0.1, 0.15) is 27.2 Å². The second-order valence-electron chi connectivity index (χ2n) is 4.48. The van der Waals surface area contributed by atoms with Gasteiger partial charge in [0.2, 0.25) is 0 Å². The molecule has 1 amide bonds. The summed E-state index contributed by atoms with van der Waals surface area (Å²) in [5.41, 5.74) is 4.16. The fraction of sp³-hybridized carbons (Fsp3) is 0.200. The Morgan fingerprint density at radius 2 is 2.10 bits per heavy atom. The van der Waals surface area contributed by atoms with Crippen molar-refractivity contribution in [2.24, 2.45) is 5.84 Å². The fourth-order valence-corrected chi connectivity index (χ4v) is 1.97. The minimum absolute atomic E-state index is 0.212. The van der Waals surface area contributed by atoms with Crippen molar-refractivity contribution in [3.63, 3.8) is 0 Å². The van der Waals surface area contributed by atoms with Gasteiger partial charge in [0.15, 0.2) is 5.75 Å². The number of nitrogens with two attached hydrogens (primary N) is 1. The number of ether oxygens (including phenoxy) is 1. The van der Waals surface area contributed by atoms with Gasteiger partial charge in [0.1, 0.15) is 6.61 Å². The highest BCUT2D eigenvalue weighted by Gasteiger charge is 2.19. The molecule has 6 heteroatoms. The molecule has 0 aliphatic rings. The van der Waals surface area contributed by atoms with Crippen LogP contribution in [0.15, 0.2) is 36.5 Å². The summed E-state index contributed by atoms with van der Waals surface area (Å²) in [5.74, 6) is 5.00. The molecule has 0 saturated carbocycles. The van der Waals surface area contributed by atoms with Crippen LogP contribution in [0.25, 0.3) is 0 Å². The van der Waals surface area contributed by atoms with E-state index in [1.54, 1.807) is 6.92 Å². The largest absolute Gasteiger partial charge is 0.486 e. The van der Waals surface area contributed by atoms with Crippen LogP contribution < -0.4 is 16.0 Å². The van der Waals surface area contributed by atoms with Crippen molar-refractivity contribution in [1.29, 1.82) is 0 Å². The first-order valence-corrected chi connectivity index (χ1v) is 6.44. The summed E-state index contributed by atoms with van der Waals surface area (Å²) in [4.78, 5) is 16.1. The molecule has 1 aromatic carbocycles. The Balaban J connectivity index is 2.35. The lowest BCUT2D eigenvalue weighted by atomic mass is 10.1. The van der Waals surface area contributed by atoms with E-state index in [2.05, 4.69) is 10.4 Å². The molecule has 0 spiro atoms. The number of hydrogen-bond donors (Lipinski definition) is 3. The molecular weight excluding hydrogens is 270 g/mol. The average molecular weight is 287 g/mol. The number of nitrogens with one attached hydrogen (secondary N) is 1. The van der Waals surface area contributed by atoms with Gasteiger partial charge in [-0.05, 0) is 12.5 Å². The molecule has 0 radical (unpaired) electrons. The Kier molecular flexibility index (Phi) is 4.86. The molecule has 0 bridgehead atoms. The number of rotatable bonds is 5. The molecule has 2 rings (SSSR count). The summed E-state index contributed by atoms with van der Waals surface area (Å²) in [5, 5.41) is 9.35. The second kappa shape index (κ2) is 6.83.